The minimum atomic E-state index is -0.781. The van der Waals surface area contributed by atoms with Crippen LogP contribution in [0.3, 0.4) is 0 Å². The van der Waals surface area contributed by atoms with Crippen LogP contribution in [0.5, 0.6) is 0 Å². The quantitative estimate of drug-likeness (QED) is 0.702. The van der Waals surface area contributed by atoms with Gasteiger partial charge < -0.3 is 15.7 Å². The SMILES string of the molecule is N[C@@H]1CC[C@@H]2[C@@H](C1)[C@H](N1CCN(C(=O)O)CC1)CC[C@H]2Br. The van der Waals surface area contributed by atoms with Crippen LogP contribution in [-0.2, 0) is 0 Å². The van der Waals surface area contributed by atoms with Gasteiger partial charge in [-0.15, -0.1) is 0 Å². The first-order valence-corrected chi connectivity index (χ1v) is 9.09. The normalized spacial score (nSPS) is 41.6. The molecule has 5 nitrogen and oxygen atoms in total. The van der Waals surface area contributed by atoms with Crippen molar-refractivity contribution in [1.82, 2.24) is 9.80 Å². The van der Waals surface area contributed by atoms with Crippen LogP contribution >= 0.6 is 15.9 Å². The molecule has 1 heterocycles. The van der Waals surface area contributed by atoms with Gasteiger partial charge in [0, 0.05) is 43.1 Å². The lowest BCUT2D eigenvalue weighted by molar-refractivity contribution is 0.0131. The first-order valence-electron chi connectivity index (χ1n) is 8.18. The van der Waals surface area contributed by atoms with Crippen LogP contribution in [0.15, 0.2) is 0 Å². The monoisotopic (exact) mass is 359 g/mol. The van der Waals surface area contributed by atoms with Crippen molar-refractivity contribution in [2.75, 3.05) is 26.2 Å². The highest BCUT2D eigenvalue weighted by Gasteiger charge is 2.44. The van der Waals surface area contributed by atoms with E-state index < -0.39 is 6.09 Å². The summed E-state index contributed by atoms with van der Waals surface area (Å²) in [6, 6.07) is 0.956. The lowest BCUT2D eigenvalue weighted by Gasteiger charge is -2.51. The Morgan fingerprint density at radius 2 is 1.76 bits per heavy atom. The van der Waals surface area contributed by atoms with Gasteiger partial charge in [0.15, 0.2) is 0 Å². The average Bonchev–Trinajstić information content (AvgIpc) is 2.47. The standard InChI is InChI=1S/C15H26BrN3O2/c16-13-3-4-14(12-9-10(17)1-2-11(12)13)18-5-7-19(8-6-18)15(20)21/h10-14H,1-9,17H2,(H,20,21)/t10-,11-,12-,13-,14-/m1/s1. The molecule has 3 fully saturated rings. The van der Waals surface area contributed by atoms with E-state index in [-0.39, 0.29) is 0 Å². The van der Waals surface area contributed by atoms with Crippen molar-refractivity contribution in [2.45, 2.75) is 49.0 Å². The van der Waals surface area contributed by atoms with Gasteiger partial charge in [0.25, 0.3) is 0 Å². The Morgan fingerprint density at radius 3 is 2.43 bits per heavy atom. The first-order chi connectivity index (χ1) is 10.1. The summed E-state index contributed by atoms with van der Waals surface area (Å²) < 4.78 is 0. The topological polar surface area (TPSA) is 69.8 Å². The van der Waals surface area contributed by atoms with E-state index in [9.17, 15) is 4.79 Å². The lowest BCUT2D eigenvalue weighted by Crippen LogP contribution is -2.57. The van der Waals surface area contributed by atoms with Crippen LogP contribution < -0.4 is 5.73 Å². The number of piperazine rings is 1. The van der Waals surface area contributed by atoms with Crippen molar-refractivity contribution < 1.29 is 9.90 Å². The van der Waals surface area contributed by atoms with Crippen LogP contribution in [0.1, 0.15) is 32.1 Å². The summed E-state index contributed by atoms with van der Waals surface area (Å²) in [6.07, 6.45) is 5.21. The van der Waals surface area contributed by atoms with Crippen LogP contribution in [0.4, 0.5) is 4.79 Å². The highest BCUT2D eigenvalue weighted by atomic mass is 79.9. The zero-order valence-corrected chi connectivity index (χ0v) is 14.0. The fourth-order valence-electron chi connectivity index (χ4n) is 4.61. The molecule has 5 atom stereocenters. The minimum Gasteiger partial charge on any atom is -0.465 e. The number of nitrogens with zero attached hydrogens (tertiary/aromatic N) is 2. The van der Waals surface area contributed by atoms with E-state index in [1.807, 2.05) is 0 Å². The second kappa shape index (κ2) is 6.42. The molecule has 0 radical (unpaired) electrons. The third kappa shape index (κ3) is 3.22. The molecule has 3 rings (SSSR count). The predicted molar refractivity (Wildman–Crippen MR) is 85.7 cm³/mol. The molecule has 1 amide bonds. The van der Waals surface area contributed by atoms with E-state index in [0.29, 0.717) is 35.9 Å². The maximum Gasteiger partial charge on any atom is 0.407 e. The second-order valence-electron chi connectivity index (χ2n) is 6.87. The van der Waals surface area contributed by atoms with Crippen LogP contribution in [-0.4, -0.2) is 64.1 Å². The summed E-state index contributed by atoms with van der Waals surface area (Å²) in [5, 5.41) is 9.08. The number of halogens is 1. The molecule has 3 aliphatic rings. The molecular formula is C15H26BrN3O2. The third-order valence-electron chi connectivity index (χ3n) is 5.75. The summed E-state index contributed by atoms with van der Waals surface area (Å²) in [5.41, 5.74) is 6.22. The van der Waals surface area contributed by atoms with Crippen molar-refractivity contribution in [3.8, 4) is 0 Å². The van der Waals surface area contributed by atoms with E-state index in [4.69, 9.17) is 10.8 Å². The van der Waals surface area contributed by atoms with Gasteiger partial charge in [-0.1, -0.05) is 15.9 Å². The minimum absolute atomic E-state index is 0.354. The lowest BCUT2D eigenvalue weighted by atomic mass is 9.66. The van der Waals surface area contributed by atoms with Gasteiger partial charge in [-0.3, -0.25) is 4.90 Å². The Hall–Kier alpha value is -0.330. The Labute approximate surface area is 135 Å². The molecule has 0 aromatic rings. The molecule has 0 bridgehead atoms. The number of hydrogen-bond acceptors (Lipinski definition) is 3. The molecule has 1 saturated heterocycles. The molecule has 0 aromatic heterocycles. The number of carboxylic acid groups (broad SMARTS) is 1. The van der Waals surface area contributed by atoms with Gasteiger partial charge in [0.1, 0.15) is 0 Å². The molecular weight excluding hydrogens is 334 g/mol. The Kier molecular flexibility index (Phi) is 4.76. The average molecular weight is 360 g/mol. The number of fused-ring (bicyclic) bond motifs is 1. The number of hydrogen-bond donors (Lipinski definition) is 2. The maximum absolute atomic E-state index is 11.0. The van der Waals surface area contributed by atoms with Crippen molar-refractivity contribution in [3.63, 3.8) is 0 Å². The fraction of sp³-hybridized carbons (Fsp3) is 0.933. The molecule has 0 aromatic carbocycles. The molecule has 120 valence electrons. The number of carbonyl (C=O) groups is 1. The van der Waals surface area contributed by atoms with Crippen molar-refractivity contribution >= 4 is 22.0 Å². The number of alkyl halides is 1. The number of rotatable bonds is 1. The molecule has 21 heavy (non-hydrogen) atoms. The fourth-order valence-corrected chi connectivity index (χ4v) is 5.53. The Balaban J connectivity index is 1.65. The number of amides is 1. The summed E-state index contributed by atoms with van der Waals surface area (Å²) >= 11 is 3.88. The highest BCUT2D eigenvalue weighted by Crippen LogP contribution is 2.45. The van der Waals surface area contributed by atoms with Gasteiger partial charge in [-0.05, 0) is 43.9 Å². The molecule has 2 aliphatic carbocycles. The summed E-state index contributed by atoms with van der Waals surface area (Å²) in [6.45, 7) is 3.05. The maximum atomic E-state index is 11.0. The van der Waals surface area contributed by atoms with Crippen LogP contribution in [0.25, 0.3) is 0 Å². The molecule has 1 aliphatic heterocycles. The Bertz CT molecular complexity index is 387. The van der Waals surface area contributed by atoms with Crippen LogP contribution in [0, 0.1) is 11.8 Å². The highest BCUT2D eigenvalue weighted by molar-refractivity contribution is 9.09. The van der Waals surface area contributed by atoms with E-state index >= 15 is 0 Å². The molecule has 3 N–H and O–H groups in total. The predicted octanol–water partition coefficient (Wildman–Crippen LogP) is 1.95. The van der Waals surface area contributed by atoms with E-state index in [2.05, 4.69) is 20.8 Å². The van der Waals surface area contributed by atoms with Gasteiger partial charge in [0.05, 0.1) is 0 Å². The van der Waals surface area contributed by atoms with Gasteiger partial charge in [-0.25, -0.2) is 4.79 Å². The summed E-state index contributed by atoms with van der Waals surface area (Å²) in [7, 11) is 0. The zero-order chi connectivity index (χ0) is 15.0. The summed E-state index contributed by atoms with van der Waals surface area (Å²) in [5.74, 6) is 1.43. The van der Waals surface area contributed by atoms with E-state index in [1.54, 1.807) is 0 Å². The van der Waals surface area contributed by atoms with Crippen LogP contribution in [0.2, 0.25) is 0 Å². The van der Waals surface area contributed by atoms with Gasteiger partial charge in [-0.2, -0.15) is 0 Å². The van der Waals surface area contributed by atoms with E-state index in [0.717, 1.165) is 31.8 Å². The van der Waals surface area contributed by atoms with Crippen molar-refractivity contribution in [3.05, 3.63) is 0 Å². The third-order valence-corrected chi connectivity index (χ3v) is 6.88. The van der Waals surface area contributed by atoms with Crippen molar-refractivity contribution in [1.29, 1.82) is 0 Å². The first kappa shape index (κ1) is 15.6. The van der Waals surface area contributed by atoms with Gasteiger partial charge >= 0.3 is 6.09 Å². The molecule has 0 spiro atoms. The zero-order valence-electron chi connectivity index (χ0n) is 12.5. The molecule has 0 unspecified atom stereocenters. The number of nitrogens with two attached hydrogens (primary N) is 1. The molecule has 2 saturated carbocycles. The van der Waals surface area contributed by atoms with Gasteiger partial charge in [0.2, 0.25) is 0 Å². The van der Waals surface area contributed by atoms with Crippen molar-refractivity contribution in [2.24, 2.45) is 17.6 Å². The smallest absolute Gasteiger partial charge is 0.407 e. The second-order valence-corrected chi connectivity index (χ2v) is 8.04. The molecule has 6 heteroatoms. The summed E-state index contributed by atoms with van der Waals surface area (Å²) in [4.78, 5) is 15.8. The Morgan fingerprint density at radius 1 is 1.05 bits per heavy atom. The largest absolute Gasteiger partial charge is 0.465 e. The van der Waals surface area contributed by atoms with E-state index in [1.165, 1.54) is 24.2 Å².